The molecule has 3 aromatic rings. The first-order valence-electron chi connectivity index (χ1n) is 9.60. The van der Waals surface area contributed by atoms with Gasteiger partial charge in [-0.15, -0.1) is 0 Å². The molecule has 31 heavy (non-hydrogen) atoms. The SMILES string of the molecule is COCCCNc1nc2ccccn2c(=O)c1/C=C1\SC(=S)N(Cc2ccco2)C1=O. The van der Waals surface area contributed by atoms with E-state index in [1.54, 1.807) is 49.9 Å². The minimum absolute atomic E-state index is 0.242. The molecule has 3 aromatic heterocycles. The smallest absolute Gasteiger partial charge is 0.267 e. The molecule has 1 fully saturated rings. The van der Waals surface area contributed by atoms with Gasteiger partial charge >= 0.3 is 0 Å². The van der Waals surface area contributed by atoms with Crippen LogP contribution in [0.5, 0.6) is 0 Å². The third-order valence-corrected chi connectivity index (χ3v) is 6.01. The van der Waals surface area contributed by atoms with Gasteiger partial charge in [0, 0.05) is 26.5 Å². The Balaban J connectivity index is 1.69. The van der Waals surface area contributed by atoms with Gasteiger partial charge in [0.05, 0.1) is 23.3 Å². The average molecular weight is 457 g/mol. The highest BCUT2D eigenvalue weighted by Gasteiger charge is 2.33. The second-order valence-electron chi connectivity index (χ2n) is 6.73. The van der Waals surface area contributed by atoms with E-state index in [2.05, 4.69) is 10.3 Å². The van der Waals surface area contributed by atoms with Crippen molar-refractivity contribution in [2.45, 2.75) is 13.0 Å². The summed E-state index contributed by atoms with van der Waals surface area (Å²) in [5, 5.41) is 3.20. The predicted octanol–water partition coefficient (Wildman–Crippen LogP) is 3.14. The van der Waals surface area contributed by atoms with Gasteiger partial charge in [0.15, 0.2) is 0 Å². The van der Waals surface area contributed by atoms with E-state index in [4.69, 9.17) is 21.4 Å². The van der Waals surface area contributed by atoms with Crippen LogP contribution in [0.25, 0.3) is 11.7 Å². The number of thiocarbonyl (C=S) groups is 1. The third-order valence-electron chi connectivity index (χ3n) is 4.63. The van der Waals surface area contributed by atoms with Crippen molar-refractivity contribution in [1.82, 2.24) is 14.3 Å². The summed E-state index contributed by atoms with van der Waals surface area (Å²) in [4.78, 5) is 32.6. The molecule has 0 aromatic carbocycles. The molecule has 0 saturated carbocycles. The van der Waals surface area contributed by atoms with Crippen molar-refractivity contribution in [1.29, 1.82) is 0 Å². The largest absolute Gasteiger partial charge is 0.467 e. The van der Waals surface area contributed by atoms with Crippen LogP contribution in [0.3, 0.4) is 0 Å². The summed E-state index contributed by atoms with van der Waals surface area (Å²) in [5.41, 5.74) is 0.556. The highest BCUT2D eigenvalue weighted by Crippen LogP contribution is 2.34. The molecule has 10 heteroatoms. The number of carbonyl (C=O) groups is 1. The van der Waals surface area contributed by atoms with Gasteiger partial charge in [-0.3, -0.25) is 18.9 Å². The summed E-state index contributed by atoms with van der Waals surface area (Å²) >= 11 is 6.54. The molecule has 4 heterocycles. The lowest BCUT2D eigenvalue weighted by molar-refractivity contribution is -0.122. The Morgan fingerprint density at radius 1 is 1.29 bits per heavy atom. The second kappa shape index (κ2) is 9.46. The summed E-state index contributed by atoms with van der Waals surface area (Å²) in [6.07, 6.45) is 5.51. The molecule has 0 aliphatic carbocycles. The molecule has 160 valence electrons. The Kier molecular flexibility index (Phi) is 6.50. The molecule has 1 aliphatic rings. The molecule has 0 atom stereocenters. The highest BCUT2D eigenvalue weighted by atomic mass is 32.2. The Morgan fingerprint density at radius 2 is 2.16 bits per heavy atom. The molecule has 4 rings (SSSR count). The fraction of sp³-hybridized carbons (Fsp3) is 0.238. The highest BCUT2D eigenvalue weighted by molar-refractivity contribution is 8.26. The van der Waals surface area contributed by atoms with Crippen molar-refractivity contribution in [2.24, 2.45) is 0 Å². The maximum absolute atomic E-state index is 13.2. The Bertz CT molecular complexity index is 1200. The zero-order valence-corrected chi connectivity index (χ0v) is 18.4. The van der Waals surface area contributed by atoms with Crippen LogP contribution in [0, 0.1) is 0 Å². The number of amides is 1. The number of pyridine rings is 1. The van der Waals surface area contributed by atoms with Crippen LogP contribution < -0.4 is 10.9 Å². The summed E-state index contributed by atoms with van der Waals surface area (Å²) in [7, 11) is 1.64. The van der Waals surface area contributed by atoms with E-state index in [0.29, 0.717) is 45.2 Å². The first-order valence-corrected chi connectivity index (χ1v) is 10.8. The quantitative estimate of drug-likeness (QED) is 0.314. The molecule has 0 unspecified atom stereocenters. The molecule has 1 amide bonds. The van der Waals surface area contributed by atoms with Crippen LogP contribution in [-0.2, 0) is 16.1 Å². The zero-order valence-electron chi connectivity index (χ0n) is 16.7. The van der Waals surface area contributed by atoms with Crippen molar-refractivity contribution < 1.29 is 13.9 Å². The van der Waals surface area contributed by atoms with Crippen LogP contribution in [0.4, 0.5) is 5.82 Å². The van der Waals surface area contributed by atoms with Crippen molar-refractivity contribution in [3.63, 3.8) is 0 Å². The molecule has 0 radical (unpaired) electrons. The van der Waals surface area contributed by atoms with E-state index < -0.39 is 0 Å². The van der Waals surface area contributed by atoms with E-state index in [9.17, 15) is 9.59 Å². The van der Waals surface area contributed by atoms with E-state index in [0.717, 1.165) is 18.2 Å². The first-order chi connectivity index (χ1) is 15.1. The number of rotatable bonds is 8. The van der Waals surface area contributed by atoms with Crippen LogP contribution in [0.2, 0.25) is 0 Å². The topological polar surface area (TPSA) is 89.1 Å². The molecule has 1 aliphatic heterocycles. The number of hydrogen-bond donors (Lipinski definition) is 1. The van der Waals surface area contributed by atoms with Gasteiger partial charge in [-0.05, 0) is 36.8 Å². The van der Waals surface area contributed by atoms with Crippen molar-refractivity contribution in [3.8, 4) is 0 Å². The number of carbonyl (C=O) groups excluding carboxylic acids is 1. The lowest BCUT2D eigenvalue weighted by atomic mass is 10.2. The van der Waals surface area contributed by atoms with Crippen molar-refractivity contribution in [3.05, 3.63) is 69.4 Å². The number of aromatic nitrogens is 2. The van der Waals surface area contributed by atoms with Gasteiger partial charge in [-0.1, -0.05) is 30.0 Å². The van der Waals surface area contributed by atoms with Crippen molar-refractivity contribution in [2.75, 3.05) is 25.6 Å². The lowest BCUT2D eigenvalue weighted by Gasteiger charge is -2.12. The maximum Gasteiger partial charge on any atom is 0.267 e. The molecule has 0 bridgehead atoms. The monoisotopic (exact) mass is 456 g/mol. The Morgan fingerprint density at radius 3 is 2.94 bits per heavy atom. The summed E-state index contributed by atoms with van der Waals surface area (Å²) in [5.74, 6) is 0.781. The van der Waals surface area contributed by atoms with Crippen molar-refractivity contribution >= 4 is 51.7 Å². The minimum atomic E-state index is -0.269. The predicted molar refractivity (Wildman–Crippen MR) is 124 cm³/mol. The fourth-order valence-electron chi connectivity index (χ4n) is 3.12. The Labute approximate surface area is 187 Å². The van der Waals surface area contributed by atoms with E-state index in [1.807, 2.05) is 6.07 Å². The van der Waals surface area contributed by atoms with E-state index in [-0.39, 0.29) is 18.0 Å². The van der Waals surface area contributed by atoms with Crippen LogP contribution in [-0.4, -0.2) is 44.8 Å². The molecule has 1 N–H and O–H groups in total. The number of furan rings is 1. The fourth-order valence-corrected chi connectivity index (χ4v) is 4.35. The van der Waals surface area contributed by atoms with Gasteiger partial charge in [-0.25, -0.2) is 4.98 Å². The zero-order chi connectivity index (χ0) is 21.8. The lowest BCUT2D eigenvalue weighted by Crippen LogP contribution is -2.27. The van der Waals surface area contributed by atoms with Gasteiger partial charge < -0.3 is 14.5 Å². The van der Waals surface area contributed by atoms with Gasteiger partial charge in [-0.2, -0.15) is 0 Å². The normalized spacial score (nSPS) is 15.4. The standard InChI is InChI=1S/C21H20N4O4S2/c1-28-10-5-8-22-18-15(19(26)24-9-3-2-7-17(24)23-18)12-16-20(27)25(21(30)31-16)13-14-6-4-11-29-14/h2-4,6-7,9,11-12,22H,5,8,10,13H2,1H3/b16-12-. The second-order valence-corrected chi connectivity index (χ2v) is 8.40. The number of thioether (sulfide) groups is 1. The number of nitrogens with zero attached hydrogens (tertiary/aromatic N) is 3. The average Bonchev–Trinajstić information content (AvgIpc) is 3.38. The molecular weight excluding hydrogens is 436 g/mol. The van der Waals surface area contributed by atoms with E-state index in [1.165, 1.54) is 9.30 Å². The van der Waals surface area contributed by atoms with Crippen LogP contribution in [0.15, 0.2) is 56.9 Å². The molecule has 1 saturated heterocycles. The van der Waals surface area contributed by atoms with Gasteiger partial charge in [0.1, 0.15) is 21.5 Å². The molecular formula is C21H20N4O4S2. The van der Waals surface area contributed by atoms with Gasteiger partial charge in [0.2, 0.25) is 0 Å². The summed E-state index contributed by atoms with van der Waals surface area (Å²) in [6, 6.07) is 8.87. The first kappa shape index (κ1) is 21.3. The van der Waals surface area contributed by atoms with Gasteiger partial charge in [0.25, 0.3) is 11.5 Å². The number of nitrogens with one attached hydrogen (secondary N) is 1. The summed E-state index contributed by atoms with van der Waals surface area (Å²) in [6.45, 7) is 1.40. The number of methoxy groups -OCH3 is 1. The molecule has 8 nitrogen and oxygen atoms in total. The number of fused-ring (bicyclic) bond motifs is 1. The third kappa shape index (κ3) is 4.55. The minimum Gasteiger partial charge on any atom is -0.467 e. The number of anilines is 1. The number of hydrogen-bond acceptors (Lipinski definition) is 8. The van der Waals surface area contributed by atoms with Crippen LogP contribution in [0.1, 0.15) is 17.7 Å². The van der Waals surface area contributed by atoms with E-state index >= 15 is 0 Å². The summed E-state index contributed by atoms with van der Waals surface area (Å²) < 4.78 is 12.3. The maximum atomic E-state index is 13.2. The number of ether oxygens (including phenoxy) is 1. The van der Waals surface area contributed by atoms with Crippen LogP contribution >= 0.6 is 24.0 Å². The molecule has 0 spiro atoms. The Hall–Kier alpha value is -2.95.